The molecule has 0 rings (SSSR count). The number of allylic oxidation sites excluding steroid dienone is 2. The molecule has 2 nitrogen and oxygen atoms in total. The lowest BCUT2D eigenvalue weighted by Crippen LogP contribution is -2.25. The molecule has 0 bridgehead atoms. The van der Waals surface area contributed by atoms with E-state index in [0.717, 1.165) is 25.2 Å². The summed E-state index contributed by atoms with van der Waals surface area (Å²) in [5.74, 6) is 0.273. The Labute approximate surface area is 81.6 Å². The van der Waals surface area contributed by atoms with Crippen molar-refractivity contribution in [3.63, 3.8) is 0 Å². The highest BCUT2D eigenvalue weighted by atomic mass is 16.1. The molecule has 0 aromatic rings. The monoisotopic (exact) mass is 183 g/mol. The van der Waals surface area contributed by atoms with Crippen molar-refractivity contribution in [3.8, 4) is 0 Å². The summed E-state index contributed by atoms with van der Waals surface area (Å²) >= 11 is 0. The van der Waals surface area contributed by atoms with Crippen LogP contribution in [-0.4, -0.2) is 30.3 Å². The molecule has 2 heteroatoms. The molecule has 0 saturated carbocycles. The molecule has 13 heavy (non-hydrogen) atoms. The summed E-state index contributed by atoms with van der Waals surface area (Å²) in [6, 6.07) is 0. The van der Waals surface area contributed by atoms with E-state index >= 15 is 0 Å². The van der Waals surface area contributed by atoms with Crippen LogP contribution in [0.25, 0.3) is 0 Å². The summed E-state index contributed by atoms with van der Waals surface area (Å²) in [4.78, 5) is 13.7. The topological polar surface area (TPSA) is 20.3 Å². The van der Waals surface area contributed by atoms with Gasteiger partial charge < -0.3 is 4.90 Å². The molecule has 0 heterocycles. The Morgan fingerprint density at radius 3 is 2.23 bits per heavy atom. The van der Waals surface area contributed by atoms with Gasteiger partial charge in [0, 0.05) is 13.0 Å². The Morgan fingerprint density at radius 2 is 1.85 bits per heavy atom. The van der Waals surface area contributed by atoms with E-state index in [1.54, 1.807) is 0 Å². The zero-order chi connectivity index (χ0) is 10.3. The van der Waals surface area contributed by atoms with Crippen LogP contribution in [0, 0.1) is 0 Å². The lowest BCUT2D eigenvalue weighted by atomic mass is 10.1. The number of hydrogen-bond donors (Lipinski definition) is 0. The lowest BCUT2D eigenvalue weighted by Gasteiger charge is -2.16. The fourth-order valence-electron chi connectivity index (χ4n) is 1.16. The molecule has 0 aromatic carbocycles. The van der Waals surface area contributed by atoms with Crippen molar-refractivity contribution in [2.24, 2.45) is 0 Å². The van der Waals surface area contributed by atoms with Crippen molar-refractivity contribution in [2.75, 3.05) is 19.6 Å². The highest BCUT2D eigenvalue weighted by Gasteiger charge is 2.05. The number of ketones is 1. The quantitative estimate of drug-likeness (QED) is 0.589. The molecule has 0 aliphatic carbocycles. The largest absolute Gasteiger partial charge is 0.303 e. The van der Waals surface area contributed by atoms with Crippen LogP contribution >= 0.6 is 0 Å². The van der Waals surface area contributed by atoms with Crippen molar-refractivity contribution in [1.82, 2.24) is 4.90 Å². The fraction of sp³-hybridized carbons (Fsp3) is 0.727. The normalized spacial score (nSPS) is 12.2. The predicted octanol–water partition coefficient (Wildman–Crippen LogP) is 2.25. The first-order chi connectivity index (χ1) is 6.15. The van der Waals surface area contributed by atoms with Gasteiger partial charge in [-0.3, -0.25) is 4.79 Å². The van der Waals surface area contributed by atoms with Crippen molar-refractivity contribution >= 4 is 5.78 Å². The van der Waals surface area contributed by atoms with E-state index in [1.807, 2.05) is 19.9 Å². The number of carbonyl (C=O) groups excluding carboxylic acids is 1. The van der Waals surface area contributed by atoms with Gasteiger partial charge in [-0.2, -0.15) is 0 Å². The van der Waals surface area contributed by atoms with Gasteiger partial charge in [-0.25, -0.2) is 0 Å². The maximum atomic E-state index is 11.4. The zero-order valence-corrected chi connectivity index (χ0v) is 9.26. The van der Waals surface area contributed by atoms with E-state index in [4.69, 9.17) is 0 Å². The van der Waals surface area contributed by atoms with Crippen LogP contribution in [0.15, 0.2) is 11.6 Å². The predicted molar refractivity (Wildman–Crippen MR) is 56.8 cm³/mol. The van der Waals surface area contributed by atoms with Crippen molar-refractivity contribution in [1.29, 1.82) is 0 Å². The Kier molecular flexibility index (Phi) is 6.51. The minimum atomic E-state index is 0.273. The smallest absolute Gasteiger partial charge is 0.159 e. The second-order valence-corrected chi connectivity index (χ2v) is 3.17. The zero-order valence-electron chi connectivity index (χ0n) is 9.26. The molecule has 0 aliphatic rings. The van der Waals surface area contributed by atoms with Crippen molar-refractivity contribution < 1.29 is 4.79 Å². The van der Waals surface area contributed by atoms with Crippen LogP contribution in [0.4, 0.5) is 0 Å². The van der Waals surface area contributed by atoms with Gasteiger partial charge in [-0.1, -0.05) is 19.9 Å². The molecular weight excluding hydrogens is 162 g/mol. The summed E-state index contributed by atoms with van der Waals surface area (Å²) in [6.45, 7) is 11.0. The molecule has 0 aromatic heterocycles. The standard InChI is InChI=1S/C11H21NO/c1-5-10(4)11(13)8-9-12(6-2)7-3/h5H,6-9H2,1-4H3. The average molecular weight is 183 g/mol. The minimum Gasteiger partial charge on any atom is -0.303 e. The van der Waals surface area contributed by atoms with E-state index in [9.17, 15) is 4.79 Å². The molecule has 0 amide bonds. The number of hydrogen-bond acceptors (Lipinski definition) is 2. The SMILES string of the molecule is CC=C(C)C(=O)CCN(CC)CC. The van der Waals surface area contributed by atoms with E-state index in [2.05, 4.69) is 18.7 Å². The molecule has 0 aliphatic heterocycles. The molecule has 0 radical (unpaired) electrons. The van der Waals surface area contributed by atoms with Gasteiger partial charge in [0.25, 0.3) is 0 Å². The van der Waals surface area contributed by atoms with E-state index in [1.165, 1.54) is 0 Å². The minimum absolute atomic E-state index is 0.273. The molecule has 0 spiro atoms. The third-order valence-electron chi connectivity index (χ3n) is 2.42. The van der Waals surface area contributed by atoms with Gasteiger partial charge in [0.1, 0.15) is 0 Å². The summed E-state index contributed by atoms with van der Waals surface area (Å²) in [5, 5.41) is 0. The van der Waals surface area contributed by atoms with Crippen molar-refractivity contribution in [3.05, 3.63) is 11.6 Å². The second-order valence-electron chi connectivity index (χ2n) is 3.17. The molecule has 76 valence electrons. The van der Waals surface area contributed by atoms with Crippen LogP contribution in [0.1, 0.15) is 34.1 Å². The van der Waals surface area contributed by atoms with Gasteiger partial charge in [0.05, 0.1) is 0 Å². The Bertz CT molecular complexity index is 181. The van der Waals surface area contributed by atoms with Gasteiger partial charge in [-0.05, 0) is 32.5 Å². The highest BCUT2D eigenvalue weighted by molar-refractivity contribution is 5.94. The molecule has 0 N–H and O–H groups in total. The summed E-state index contributed by atoms with van der Waals surface area (Å²) in [5.41, 5.74) is 0.882. The first-order valence-corrected chi connectivity index (χ1v) is 5.04. The number of carbonyl (C=O) groups is 1. The molecule has 0 saturated heterocycles. The third kappa shape index (κ3) is 4.83. The van der Waals surface area contributed by atoms with Crippen LogP contribution in [-0.2, 0) is 4.79 Å². The average Bonchev–Trinajstić information content (AvgIpc) is 2.17. The van der Waals surface area contributed by atoms with E-state index in [-0.39, 0.29) is 5.78 Å². The Hall–Kier alpha value is -0.630. The summed E-state index contributed by atoms with van der Waals surface area (Å²) in [7, 11) is 0. The molecular formula is C11H21NO. The first-order valence-electron chi connectivity index (χ1n) is 5.04. The Balaban J connectivity index is 3.81. The Morgan fingerprint density at radius 1 is 1.31 bits per heavy atom. The second kappa shape index (κ2) is 6.84. The van der Waals surface area contributed by atoms with Crippen LogP contribution < -0.4 is 0 Å². The fourth-order valence-corrected chi connectivity index (χ4v) is 1.16. The van der Waals surface area contributed by atoms with Crippen LogP contribution in [0.5, 0.6) is 0 Å². The maximum absolute atomic E-state index is 11.4. The number of Topliss-reactive ketones (excluding diaryl/α,β-unsaturated/α-hetero) is 1. The number of nitrogens with zero attached hydrogens (tertiary/aromatic N) is 1. The van der Waals surface area contributed by atoms with Crippen LogP contribution in [0.2, 0.25) is 0 Å². The molecule has 0 fully saturated rings. The van der Waals surface area contributed by atoms with Crippen LogP contribution in [0.3, 0.4) is 0 Å². The first kappa shape index (κ1) is 12.4. The summed E-state index contributed by atoms with van der Waals surface area (Å²) in [6.07, 6.45) is 2.53. The van der Waals surface area contributed by atoms with Gasteiger partial charge in [-0.15, -0.1) is 0 Å². The van der Waals surface area contributed by atoms with E-state index < -0.39 is 0 Å². The molecule has 0 unspecified atom stereocenters. The van der Waals surface area contributed by atoms with E-state index in [0.29, 0.717) is 6.42 Å². The highest BCUT2D eigenvalue weighted by Crippen LogP contribution is 2.00. The molecule has 0 atom stereocenters. The van der Waals surface area contributed by atoms with Gasteiger partial charge >= 0.3 is 0 Å². The van der Waals surface area contributed by atoms with Gasteiger partial charge in [0.15, 0.2) is 5.78 Å². The summed E-state index contributed by atoms with van der Waals surface area (Å²) < 4.78 is 0. The maximum Gasteiger partial charge on any atom is 0.159 e. The van der Waals surface area contributed by atoms with Crippen molar-refractivity contribution in [2.45, 2.75) is 34.1 Å². The van der Waals surface area contributed by atoms with Gasteiger partial charge in [0.2, 0.25) is 0 Å². The number of rotatable bonds is 6. The lowest BCUT2D eigenvalue weighted by molar-refractivity contribution is -0.115. The third-order valence-corrected chi connectivity index (χ3v) is 2.42.